The molecule has 29 heavy (non-hydrogen) atoms. The van der Waals surface area contributed by atoms with E-state index in [1.165, 1.54) is 5.56 Å². The summed E-state index contributed by atoms with van der Waals surface area (Å²) in [5.41, 5.74) is 5.24. The molecule has 1 N–H and O–H groups in total. The van der Waals surface area contributed by atoms with Crippen LogP contribution in [-0.2, 0) is 17.4 Å². The van der Waals surface area contributed by atoms with Crippen LogP contribution < -0.4 is 4.90 Å². The van der Waals surface area contributed by atoms with Gasteiger partial charge in [-0.15, -0.1) is 0 Å². The van der Waals surface area contributed by atoms with Crippen LogP contribution in [0.25, 0.3) is 0 Å². The van der Waals surface area contributed by atoms with Gasteiger partial charge in [0.2, 0.25) is 0 Å². The standard InChI is InChI=1S/C27H33NO/c1-26(2,3)23-17-20(18-24(25(23)29)27(4,5)6)19-28(21-13-9-7-10-14-21)22-15-11-8-12-16-22/h7-18,29H,19H2,1-6H3. The van der Waals surface area contributed by atoms with Crippen molar-refractivity contribution in [3.63, 3.8) is 0 Å². The number of anilines is 2. The van der Waals surface area contributed by atoms with Crippen molar-refractivity contribution < 1.29 is 5.11 Å². The minimum absolute atomic E-state index is 0.135. The fourth-order valence-corrected chi connectivity index (χ4v) is 3.66. The second-order valence-electron chi connectivity index (χ2n) is 9.80. The summed E-state index contributed by atoms with van der Waals surface area (Å²) in [7, 11) is 0. The second kappa shape index (κ2) is 7.94. The number of nitrogens with zero attached hydrogens (tertiary/aromatic N) is 1. The van der Waals surface area contributed by atoms with Crippen LogP contribution in [0.1, 0.15) is 58.2 Å². The molecule has 0 radical (unpaired) electrons. The zero-order valence-corrected chi connectivity index (χ0v) is 18.5. The summed E-state index contributed by atoms with van der Waals surface area (Å²) in [6.45, 7) is 13.7. The SMILES string of the molecule is CC(C)(C)c1cc(CN(c2ccccc2)c2ccccc2)cc(C(C)(C)C)c1O. The van der Waals surface area contributed by atoms with Crippen molar-refractivity contribution in [3.8, 4) is 5.75 Å². The van der Waals surface area contributed by atoms with Crippen molar-refractivity contribution in [2.24, 2.45) is 0 Å². The second-order valence-corrected chi connectivity index (χ2v) is 9.80. The number of hydrogen-bond donors (Lipinski definition) is 1. The summed E-state index contributed by atoms with van der Waals surface area (Å²) in [6.07, 6.45) is 0. The Hall–Kier alpha value is -2.74. The minimum atomic E-state index is -0.135. The fourth-order valence-electron chi connectivity index (χ4n) is 3.66. The van der Waals surface area contributed by atoms with E-state index in [-0.39, 0.29) is 10.8 Å². The molecule has 3 aromatic carbocycles. The molecule has 0 saturated heterocycles. The largest absolute Gasteiger partial charge is 0.507 e. The van der Waals surface area contributed by atoms with Crippen LogP contribution in [0.2, 0.25) is 0 Å². The minimum Gasteiger partial charge on any atom is -0.507 e. The van der Waals surface area contributed by atoms with Gasteiger partial charge in [0.05, 0.1) is 0 Å². The maximum Gasteiger partial charge on any atom is 0.123 e. The number of para-hydroxylation sites is 2. The van der Waals surface area contributed by atoms with Gasteiger partial charge < -0.3 is 10.0 Å². The molecule has 0 saturated carbocycles. The van der Waals surface area contributed by atoms with Gasteiger partial charge in [-0.1, -0.05) is 77.9 Å². The van der Waals surface area contributed by atoms with Gasteiger partial charge in [-0.25, -0.2) is 0 Å². The van der Waals surface area contributed by atoms with Crippen molar-refractivity contribution >= 4 is 11.4 Å². The molecule has 0 aromatic heterocycles. The molecule has 0 unspecified atom stereocenters. The van der Waals surface area contributed by atoms with Gasteiger partial charge in [0.1, 0.15) is 5.75 Å². The fraction of sp³-hybridized carbons (Fsp3) is 0.333. The van der Waals surface area contributed by atoms with Gasteiger partial charge in [0, 0.05) is 17.9 Å². The first-order chi connectivity index (χ1) is 13.6. The van der Waals surface area contributed by atoms with E-state index in [0.717, 1.165) is 29.0 Å². The zero-order valence-electron chi connectivity index (χ0n) is 18.5. The Kier molecular flexibility index (Phi) is 5.75. The molecule has 0 bridgehead atoms. The van der Waals surface area contributed by atoms with Crippen molar-refractivity contribution in [1.29, 1.82) is 0 Å². The average molecular weight is 388 g/mol. The smallest absolute Gasteiger partial charge is 0.123 e. The molecule has 152 valence electrons. The lowest BCUT2D eigenvalue weighted by Gasteiger charge is -2.30. The normalized spacial score (nSPS) is 12.1. The molecule has 0 amide bonds. The number of phenolic OH excluding ortho intramolecular Hbond substituents is 1. The van der Waals surface area contributed by atoms with Crippen molar-refractivity contribution in [2.45, 2.75) is 58.9 Å². The monoisotopic (exact) mass is 387 g/mol. The highest BCUT2D eigenvalue weighted by atomic mass is 16.3. The van der Waals surface area contributed by atoms with E-state index in [4.69, 9.17) is 0 Å². The summed E-state index contributed by atoms with van der Waals surface area (Å²) >= 11 is 0. The maximum atomic E-state index is 11.0. The Bertz CT molecular complexity index is 873. The van der Waals surface area contributed by atoms with E-state index in [9.17, 15) is 5.11 Å². The zero-order chi connectivity index (χ0) is 21.2. The average Bonchev–Trinajstić information content (AvgIpc) is 2.66. The van der Waals surface area contributed by atoms with E-state index >= 15 is 0 Å². The Balaban J connectivity index is 2.13. The van der Waals surface area contributed by atoms with Crippen LogP contribution in [0.15, 0.2) is 72.8 Å². The molecular weight excluding hydrogens is 354 g/mol. The first kappa shape index (κ1) is 21.0. The Morgan fingerprint density at radius 2 is 1.03 bits per heavy atom. The van der Waals surface area contributed by atoms with Gasteiger partial charge in [-0.3, -0.25) is 0 Å². The Labute approximate surface area is 175 Å². The first-order valence-electron chi connectivity index (χ1n) is 10.3. The number of phenols is 1. The third kappa shape index (κ3) is 4.82. The quantitative estimate of drug-likeness (QED) is 0.507. The molecule has 0 fully saturated rings. The number of benzene rings is 3. The number of rotatable bonds is 4. The van der Waals surface area contributed by atoms with Crippen molar-refractivity contribution in [3.05, 3.63) is 89.5 Å². The van der Waals surface area contributed by atoms with E-state index in [1.54, 1.807) is 0 Å². The lowest BCUT2D eigenvalue weighted by atomic mass is 9.78. The van der Waals surface area contributed by atoms with Crippen LogP contribution >= 0.6 is 0 Å². The third-order valence-corrected chi connectivity index (χ3v) is 5.26. The lowest BCUT2D eigenvalue weighted by Crippen LogP contribution is -2.21. The molecule has 0 aliphatic heterocycles. The van der Waals surface area contributed by atoms with E-state index in [1.807, 2.05) is 12.1 Å². The van der Waals surface area contributed by atoms with Crippen LogP contribution in [0.5, 0.6) is 5.75 Å². The molecule has 2 nitrogen and oxygen atoms in total. The Morgan fingerprint density at radius 1 is 0.655 bits per heavy atom. The Morgan fingerprint density at radius 3 is 1.38 bits per heavy atom. The van der Waals surface area contributed by atoms with Gasteiger partial charge in [-0.2, -0.15) is 0 Å². The highest BCUT2D eigenvalue weighted by Gasteiger charge is 2.27. The van der Waals surface area contributed by atoms with Crippen LogP contribution in [-0.4, -0.2) is 5.11 Å². The summed E-state index contributed by atoms with van der Waals surface area (Å²) in [5, 5.41) is 11.0. The van der Waals surface area contributed by atoms with Crippen LogP contribution in [0, 0.1) is 0 Å². The van der Waals surface area contributed by atoms with Crippen LogP contribution in [0.3, 0.4) is 0 Å². The molecule has 0 aliphatic carbocycles. The van der Waals surface area contributed by atoms with Gasteiger partial charge in [0.25, 0.3) is 0 Å². The van der Waals surface area contributed by atoms with Gasteiger partial charge >= 0.3 is 0 Å². The number of hydrogen-bond acceptors (Lipinski definition) is 2. The highest BCUT2D eigenvalue weighted by molar-refractivity contribution is 5.63. The molecule has 0 spiro atoms. The molecule has 0 atom stereocenters. The molecule has 3 aromatic rings. The summed E-state index contributed by atoms with van der Waals surface area (Å²) in [4.78, 5) is 2.32. The van der Waals surface area contributed by atoms with Gasteiger partial charge in [0.15, 0.2) is 0 Å². The molecule has 0 aliphatic rings. The molecular formula is C27H33NO. The van der Waals surface area contributed by atoms with E-state index in [2.05, 4.69) is 107 Å². The highest BCUT2D eigenvalue weighted by Crippen LogP contribution is 2.40. The topological polar surface area (TPSA) is 23.5 Å². The predicted octanol–water partition coefficient (Wildman–Crippen LogP) is 7.33. The lowest BCUT2D eigenvalue weighted by molar-refractivity contribution is 0.422. The van der Waals surface area contributed by atoms with Crippen molar-refractivity contribution in [2.75, 3.05) is 4.90 Å². The molecule has 0 heterocycles. The van der Waals surface area contributed by atoms with E-state index in [0.29, 0.717) is 5.75 Å². The van der Waals surface area contributed by atoms with Gasteiger partial charge in [-0.05, 0) is 63.9 Å². The summed E-state index contributed by atoms with van der Waals surface area (Å²) < 4.78 is 0. The third-order valence-electron chi connectivity index (χ3n) is 5.26. The molecule has 3 rings (SSSR count). The predicted molar refractivity (Wildman–Crippen MR) is 124 cm³/mol. The maximum absolute atomic E-state index is 11.0. The summed E-state index contributed by atoms with van der Waals surface area (Å²) in [5.74, 6) is 0.430. The van der Waals surface area contributed by atoms with Crippen molar-refractivity contribution in [1.82, 2.24) is 0 Å². The first-order valence-corrected chi connectivity index (χ1v) is 10.3. The molecule has 2 heteroatoms. The van der Waals surface area contributed by atoms with Crippen LogP contribution in [0.4, 0.5) is 11.4 Å². The number of aromatic hydroxyl groups is 1. The summed E-state index contributed by atoms with van der Waals surface area (Å²) in [6, 6.07) is 25.3. The van der Waals surface area contributed by atoms with E-state index < -0.39 is 0 Å².